The highest BCUT2D eigenvalue weighted by Crippen LogP contribution is 2.58. The predicted octanol–water partition coefficient (Wildman–Crippen LogP) is 1.23. The van der Waals surface area contributed by atoms with E-state index in [0.717, 1.165) is 5.56 Å². The van der Waals surface area contributed by atoms with Crippen LogP contribution in [-0.4, -0.2) is 48.0 Å². The van der Waals surface area contributed by atoms with Crippen LogP contribution in [0.2, 0.25) is 0 Å². The van der Waals surface area contributed by atoms with Crippen molar-refractivity contribution >= 4 is 7.37 Å². The van der Waals surface area contributed by atoms with Gasteiger partial charge in [0.25, 0.3) is 0 Å². The van der Waals surface area contributed by atoms with Crippen LogP contribution in [0.25, 0.3) is 0 Å². The molecule has 1 saturated heterocycles. The fraction of sp³-hybridized carbons (Fsp3) is 0.538. The Morgan fingerprint density at radius 2 is 2.00 bits per heavy atom. The molecule has 0 aromatic heterocycles. The number of ether oxygens (including phenoxy) is 1. The number of aliphatic hydroxyl groups excluding tert-OH is 2. The molecule has 106 valence electrons. The summed E-state index contributed by atoms with van der Waals surface area (Å²) in [6.45, 7) is 0.488. The molecular weight excluding hydrogens is 267 g/mol. The van der Waals surface area contributed by atoms with Gasteiger partial charge in [0.05, 0.1) is 37.2 Å². The van der Waals surface area contributed by atoms with Crippen molar-refractivity contribution in [1.29, 1.82) is 0 Å². The molecule has 1 aromatic carbocycles. The lowest BCUT2D eigenvalue weighted by molar-refractivity contribution is 0.0173. The van der Waals surface area contributed by atoms with E-state index in [1.165, 1.54) is 7.11 Å². The molecule has 0 saturated carbocycles. The largest absolute Gasteiger partial charge is 0.390 e. The molecule has 1 aliphatic rings. The lowest BCUT2D eigenvalue weighted by atomic mass is 10.2. The first-order valence-electron chi connectivity index (χ1n) is 6.19. The highest BCUT2D eigenvalue weighted by Gasteiger charge is 2.50. The summed E-state index contributed by atoms with van der Waals surface area (Å²) in [6.07, 6.45) is -2.07. The molecule has 0 amide bonds. The van der Waals surface area contributed by atoms with E-state index in [1.54, 1.807) is 0 Å². The molecule has 19 heavy (non-hydrogen) atoms. The molecule has 2 rings (SSSR count). The molecular formula is C13H19O5P. The molecule has 0 spiro atoms. The quantitative estimate of drug-likeness (QED) is 0.796. The number of aliphatic hydroxyl groups is 2. The summed E-state index contributed by atoms with van der Waals surface area (Å²) in [5.74, 6) is 0. The van der Waals surface area contributed by atoms with Crippen LogP contribution >= 0.6 is 7.37 Å². The molecule has 1 heterocycles. The first-order chi connectivity index (χ1) is 9.07. The van der Waals surface area contributed by atoms with Gasteiger partial charge in [-0.05, 0) is 5.56 Å². The summed E-state index contributed by atoms with van der Waals surface area (Å²) in [5.41, 5.74) is 0.346. The fourth-order valence-corrected chi connectivity index (χ4v) is 4.71. The van der Waals surface area contributed by atoms with Gasteiger partial charge in [-0.3, -0.25) is 4.57 Å². The van der Waals surface area contributed by atoms with Crippen molar-refractivity contribution in [1.82, 2.24) is 0 Å². The van der Waals surface area contributed by atoms with E-state index in [2.05, 4.69) is 0 Å². The molecule has 0 bridgehead atoms. The van der Waals surface area contributed by atoms with Gasteiger partial charge in [-0.2, -0.15) is 0 Å². The third-order valence-electron chi connectivity index (χ3n) is 3.44. The number of hydrogen-bond acceptors (Lipinski definition) is 5. The van der Waals surface area contributed by atoms with E-state index in [-0.39, 0.29) is 12.8 Å². The van der Waals surface area contributed by atoms with Crippen LogP contribution in [0.3, 0.4) is 0 Å². The molecule has 2 N–H and O–H groups in total. The van der Waals surface area contributed by atoms with Crippen LogP contribution in [0.4, 0.5) is 0 Å². The Hall–Kier alpha value is -0.710. The molecule has 0 aliphatic carbocycles. The summed E-state index contributed by atoms with van der Waals surface area (Å²) in [5, 5.41) is 19.4. The van der Waals surface area contributed by atoms with E-state index < -0.39 is 25.2 Å². The van der Waals surface area contributed by atoms with Crippen molar-refractivity contribution in [2.75, 3.05) is 19.9 Å². The lowest BCUT2D eigenvalue weighted by Gasteiger charge is -2.20. The highest BCUT2D eigenvalue weighted by atomic mass is 31.2. The molecule has 0 radical (unpaired) electrons. The minimum absolute atomic E-state index is 0.00989. The number of rotatable bonds is 5. The Morgan fingerprint density at radius 1 is 1.32 bits per heavy atom. The zero-order chi connectivity index (χ0) is 13.9. The maximum Gasteiger partial charge on any atom is 0.213 e. The standard InChI is InChI=1S/C13H19O5P/c1-17-19(16)9-11(14)13(15)12(19)8-18-7-10-5-3-2-4-6-10/h2-6,11-15H,7-9H2,1H3/t11-,12+,13-,19+/m0/s1. The monoisotopic (exact) mass is 286 g/mol. The molecule has 1 aliphatic heterocycles. The summed E-state index contributed by atoms with van der Waals surface area (Å²) >= 11 is 0. The van der Waals surface area contributed by atoms with Crippen molar-refractivity contribution < 1.29 is 24.0 Å². The minimum atomic E-state index is -3.02. The maximum absolute atomic E-state index is 12.4. The van der Waals surface area contributed by atoms with Crippen LogP contribution in [-0.2, 0) is 20.4 Å². The topological polar surface area (TPSA) is 76.0 Å². The van der Waals surface area contributed by atoms with Crippen LogP contribution in [0, 0.1) is 0 Å². The second-order valence-corrected chi connectivity index (χ2v) is 7.56. The van der Waals surface area contributed by atoms with Crippen molar-refractivity contribution in [3.8, 4) is 0 Å². The van der Waals surface area contributed by atoms with E-state index in [4.69, 9.17) is 9.26 Å². The second kappa shape index (κ2) is 6.16. The number of hydrogen-bond donors (Lipinski definition) is 2. The SMILES string of the molecule is CO[P@]1(=O)C[C@H](O)[C@H](O)[C@H]1COCc1ccccc1. The third kappa shape index (κ3) is 3.25. The van der Waals surface area contributed by atoms with Crippen LogP contribution in [0.15, 0.2) is 30.3 Å². The Kier molecular flexibility index (Phi) is 4.76. The lowest BCUT2D eigenvalue weighted by Crippen LogP contribution is -2.32. The summed E-state index contributed by atoms with van der Waals surface area (Å²) in [7, 11) is -1.68. The molecule has 1 fully saturated rings. The van der Waals surface area contributed by atoms with Gasteiger partial charge in [0.2, 0.25) is 7.37 Å². The predicted molar refractivity (Wildman–Crippen MR) is 71.4 cm³/mol. The minimum Gasteiger partial charge on any atom is -0.390 e. The van der Waals surface area contributed by atoms with E-state index in [1.807, 2.05) is 30.3 Å². The van der Waals surface area contributed by atoms with Crippen molar-refractivity contribution in [3.05, 3.63) is 35.9 Å². The summed E-state index contributed by atoms with van der Waals surface area (Å²) < 4.78 is 22.9. The van der Waals surface area contributed by atoms with Gasteiger partial charge in [-0.25, -0.2) is 0 Å². The van der Waals surface area contributed by atoms with E-state index in [9.17, 15) is 14.8 Å². The molecule has 4 atom stereocenters. The summed E-state index contributed by atoms with van der Waals surface area (Å²) in [6, 6.07) is 9.59. The molecule has 1 aromatic rings. The van der Waals surface area contributed by atoms with Crippen LogP contribution < -0.4 is 0 Å². The van der Waals surface area contributed by atoms with Crippen LogP contribution in [0.5, 0.6) is 0 Å². The van der Waals surface area contributed by atoms with Gasteiger partial charge in [0, 0.05) is 7.11 Å². The zero-order valence-corrected chi connectivity index (χ0v) is 11.7. The average Bonchev–Trinajstić information content (AvgIpc) is 2.64. The number of benzene rings is 1. The molecule has 5 nitrogen and oxygen atoms in total. The first-order valence-corrected chi connectivity index (χ1v) is 8.07. The Bertz CT molecular complexity index is 450. The van der Waals surface area contributed by atoms with Gasteiger partial charge >= 0.3 is 0 Å². The maximum atomic E-state index is 12.4. The van der Waals surface area contributed by atoms with Crippen molar-refractivity contribution in [2.24, 2.45) is 0 Å². The van der Waals surface area contributed by atoms with Gasteiger partial charge < -0.3 is 19.5 Å². The Morgan fingerprint density at radius 3 is 2.63 bits per heavy atom. The van der Waals surface area contributed by atoms with Gasteiger partial charge in [-0.15, -0.1) is 0 Å². The van der Waals surface area contributed by atoms with Crippen LogP contribution in [0.1, 0.15) is 5.56 Å². The third-order valence-corrected chi connectivity index (χ3v) is 6.41. The normalized spacial score (nSPS) is 34.6. The average molecular weight is 286 g/mol. The fourth-order valence-electron chi connectivity index (χ4n) is 2.29. The van der Waals surface area contributed by atoms with Gasteiger partial charge in [0.1, 0.15) is 0 Å². The Balaban J connectivity index is 1.93. The summed E-state index contributed by atoms with van der Waals surface area (Å²) in [4.78, 5) is 0. The molecule has 0 unspecified atom stereocenters. The van der Waals surface area contributed by atoms with Crippen molar-refractivity contribution in [2.45, 2.75) is 24.5 Å². The van der Waals surface area contributed by atoms with E-state index in [0.29, 0.717) is 6.61 Å². The van der Waals surface area contributed by atoms with E-state index >= 15 is 0 Å². The van der Waals surface area contributed by atoms with Gasteiger partial charge in [-0.1, -0.05) is 30.3 Å². The highest BCUT2D eigenvalue weighted by molar-refractivity contribution is 7.60. The second-order valence-electron chi connectivity index (χ2n) is 4.72. The molecule has 6 heteroatoms. The first kappa shape index (κ1) is 14.7. The zero-order valence-electron chi connectivity index (χ0n) is 10.8. The Labute approximate surface area is 112 Å². The smallest absolute Gasteiger partial charge is 0.213 e. The van der Waals surface area contributed by atoms with Gasteiger partial charge in [0.15, 0.2) is 0 Å². The van der Waals surface area contributed by atoms with Crippen molar-refractivity contribution in [3.63, 3.8) is 0 Å².